The van der Waals surface area contributed by atoms with Crippen molar-refractivity contribution in [1.29, 1.82) is 0 Å². The van der Waals surface area contributed by atoms with Gasteiger partial charge in [0.25, 0.3) is 0 Å². The van der Waals surface area contributed by atoms with E-state index in [1.54, 1.807) is 11.3 Å². The SMILES string of the molecule is Cc1ccc(C2(O)CCCCC2C(C)C)s1. The third-order valence-corrected chi connectivity index (χ3v) is 5.08. The van der Waals surface area contributed by atoms with Gasteiger partial charge in [0.15, 0.2) is 0 Å². The van der Waals surface area contributed by atoms with E-state index in [9.17, 15) is 5.11 Å². The summed E-state index contributed by atoms with van der Waals surface area (Å²) < 4.78 is 0. The van der Waals surface area contributed by atoms with Crippen molar-refractivity contribution in [3.8, 4) is 0 Å². The number of hydrogen-bond acceptors (Lipinski definition) is 2. The summed E-state index contributed by atoms with van der Waals surface area (Å²) in [6, 6.07) is 4.25. The van der Waals surface area contributed by atoms with Crippen LogP contribution in [0.15, 0.2) is 12.1 Å². The predicted octanol–water partition coefficient (Wildman–Crippen LogP) is 4.09. The van der Waals surface area contributed by atoms with Gasteiger partial charge in [-0.1, -0.05) is 26.7 Å². The Labute approximate surface area is 103 Å². The Hall–Kier alpha value is -0.340. The van der Waals surface area contributed by atoms with Crippen molar-refractivity contribution in [2.45, 2.75) is 52.1 Å². The lowest BCUT2D eigenvalue weighted by molar-refractivity contribution is -0.0692. The normalized spacial score (nSPS) is 30.9. The fourth-order valence-electron chi connectivity index (χ4n) is 3.04. The molecule has 0 saturated heterocycles. The minimum Gasteiger partial charge on any atom is -0.384 e. The van der Waals surface area contributed by atoms with Crippen LogP contribution >= 0.6 is 11.3 Å². The first kappa shape index (κ1) is 12.1. The van der Waals surface area contributed by atoms with E-state index in [0.717, 1.165) is 12.8 Å². The van der Waals surface area contributed by atoms with Gasteiger partial charge < -0.3 is 5.11 Å². The molecule has 1 aromatic heterocycles. The maximum Gasteiger partial charge on any atom is 0.102 e. The summed E-state index contributed by atoms with van der Waals surface area (Å²) in [5.74, 6) is 0.993. The van der Waals surface area contributed by atoms with Crippen molar-refractivity contribution in [2.75, 3.05) is 0 Å². The topological polar surface area (TPSA) is 20.2 Å². The standard InChI is InChI=1S/C14H22OS/c1-10(2)12-6-4-5-9-14(12,15)13-8-7-11(3)16-13/h7-8,10,12,15H,4-6,9H2,1-3H3. The highest BCUT2D eigenvalue weighted by molar-refractivity contribution is 7.12. The van der Waals surface area contributed by atoms with E-state index in [4.69, 9.17) is 0 Å². The maximum absolute atomic E-state index is 11.0. The Balaban J connectivity index is 2.32. The van der Waals surface area contributed by atoms with E-state index in [-0.39, 0.29) is 0 Å². The van der Waals surface area contributed by atoms with Crippen LogP contribution in [0.1, 0.15) is 49.3 Å². The van der Waals surface area contributed by atoms with E-state index in [1.165, 1.54) is 22.6 Å². The van der Waals surface area contributed by atoms with Crippen molar-refractivity contribution in [3.05, 3.63) is 21.9 Å². The Kier molecular flexibility index (Phi) is 3.41. The zero-order valence-electron chi connectivity index (χ0n) is 10.5. The number of rotatable bonds is 2. The molecule has 0 aliphatic heterocycles. The lowest BCUT2D eigenvalue weighted by Gasteiger charge is -2.41. The molecule has 2 heteroatoms. The molecule has 0 radical (unpaired) electrons. The summed E-state index contributed by atoms with van der Waals surface area (Å²) in [5, 5.41) is 11.0. The summed E-state index contributed by atoms with van der Waals surface area (Å²) in [5.41, 5.74) is -0.550. The van der Waals surface area contributed by atoms with E-state index in [2.05, 4.69) is 32.9 Å². The van der Waals surface area contributed by atoms with Crippen LogP contribution in [-0.2, 0) is 5.60 Å². The first-order valence-corrected chi connectivity index (χ1v) is 7.15. The second-order valence-electron chi connectivity index (χ2n) is 5.43. The number of hydrogen-bond donors (Lipinski definition) is 1. The second kappa shape index (κ2) is 4.50. The van der Waals surface area contributed by atoms with Gasteiger partial charge >= 0.3 is 0 Å². The molecule has 1 aliphatic rings. The Morgan fingerprint density at radius 2 is 2.12 bits per heavy atom. The van der Waals surface area contributed by atoms with E-state index < -0.39 is 5.60 Å². The third-order valence-electron chi connectivity index (χ3n) is 3.91. The molecule has 16 heavy (non-hydrogen) atoms. The van der Waals surface area contributed by atoms with Crippen LogP contribution in [0, 0.1) is 18.8 Å². The van der Waals surface area contributed by atoms with Gasteiger partial charge in [-0.2, -0.15) is 0 Å². The van der Waals surface area contributed by atoms with Gasteiger partial charge in [-0.25, -0.2) is 0 Å². The Morgan fingerprint density at radius 3 is 2.69 bits per heavy atom. The molecule has 1 fully saturated rings. The van der Waals surface area contributed by atoms with Crippen LogP contribution in [-0.4, -0.2) is 5.11 Å². The predicted molar refractivity (Wildman–Crippen MR) is 69.7 cm³/mol. The highest BCUT2D eigenvalue weighted by atomic mass is 32.1. The fraction of sp³-hybridized carbons (Fsp3) is 0.714. The molecule has 1 heterocycles. The van der Waals surface area contributed by atoms with Gasteiger partial charge in [-0.15, -0.1) is 11.3 Å². The van der Waals surface area contributed by atoms with Crippen LogP contribution in [0.5, 0.6) is 0 Å². The van der Waals surface area contributed by atoms with Crippen LogP contribution < -0.4 is 0 Å². The fourth-order valence-corrected chi connectivity index (χ4v) is 4.09. The molecular weight excluding hydrogens is 216 g/mol. The molecule has 0 aromatic carbocycles. The van der Waals surface area contributed by atoms with E-state index in [0.29, 0.717) is 11.8 Å². The van der Waals surface area contributed by atoms with Crippen LogP contribution in [0.3, 0.4) is 0 Å². The molecule has 0 bridgehead atoms. The number of aryl methyl sites for hydroxylation is 1. The zero-order chi connectivity index (χ0) is 11.8. The molecule has 1 aromatic rings. The second-order valence-corrected chi connectivity index (χ2v) is 6.72. The third kappa shape index (κ3) is 2.05. The van der Waals surface area contributed by atoms with Crippen molar-refractivity contribution >= 4 is 11.3 Å². The summed E-state index contributed by atoms with van der Waals surface area (Å²) in [4.78, 5) is 2.49. The molecule has 2 unspecified atom stereocenters. The van der Waals surface area contributed by atoms with Crippen molar-refractivity contribution in [2.24, 2.45) is 11.8 Å². The van der Waals surface area contributed by atoms with Crippen molar-refractivity contribution < 1.29 is 5.11 Å². The highest BCUT2D eigenvalue weighted by Crippen LogP contribution is 2.47. The molecule has 1 saturated carbocycles. The Morgan fingerprint density at radius 1 is 1.38 bits per heavy atom. The first-order chi connectivity index (χ1) is 7.54. The van der Waals surface area contributed by atoms with Gasteiger partial charge in [0.05, 0.1) is 0 Å². The molecule has 1 aliphatic carbocycles. The van der Waals surface area contributed by atoms with Crippen LogP contribution in [0.25, 0.3) is 0 Å². The summed E-state index contributed by atoms with van der Waals surface area (Å²) in [6.07, 6.45) is 4.55. The van der Waals surface area contributed by atoms with Gasteiger partial charge in [0.2, 0.25) is 0 Å². The number of aliphatic hydroxyl groups is 1. The largest absolute Gasteiger partial charge is 0.384 e. The lowest BCUT2D eigenvalue weighted by atomic mass is 9.69. The molecule has 0 amide bonds. The van der Waals surface area contributed by atoms with Crippen LogP contribution in [0.2, 0.25) is 0 Å². The molecule has 0 spiro atoms. The molecule has 90 valence electrons. The molecule has 2 atom stereocenters. The minimum absolute atomic E-state index is 0.430. The van der Waals surface area contributed by atoms with Crippen molar-refractivity contribution in [1.82, 2.24) is 0 Å². The average Bonchev–Trinajstić information content (AvgIpc) is 2.65. The molecule has 1 nitrogen and oxygen atoms in total. The monoisotopic (exact) mass is 238 g/mol. The number of thiophene rings is 1. The highest BCUT2D eigenvalue weighted by Gasteiger charge is 2.42. The Bertz CT molecular complexity index is 355. The van der Waals surface area contributed by atoms with E-state index >= 15 is 0 Å². The van der Waals surface area contributed by atoms with Gasteiger partial charge in [0.1, 0.15) is 5.60 Å². The summed E-state index contributed by atoms with van der Waals surface area (Å²) in [6.45, 7) is 6.59. The summed E-state index contributed by atoms with van der Waals surface area (Å²) in [7, 11) is 0. The molecule has 1 N–H and O–H groups in total. The smallest absolute Gasteiger partial charge is 0.102 e. The van der Waals surface area contributed by atoms with Crippen molar-refractivity contribution in [3.63, 3.8) is 0 Å². The van der Waals surface area contributed by atoms with E-state index in [1.807, 2.05) is 0 Å². The van der Waals surface area contributed by atoms with Crippen LogP contribution in [0.4, 0.5) is 0 Å². The minimum atomic E-state index is -0.550. The van der Waals surface area contributed by atoms with Gasteiger partial charge in [0, 0.05) is 9.75 Å². The molecular formula is C14H22OS. The quantitative estimate of drug-likeness (QED) is 0.822. The lowest BCUT2D eigenvalue weighted by Crippen LogP contribution is -2.40. The maximum atomic E-state index is 11.0. The average molecular weight is 238 g/mol. The molecule has 2 rings (SSSR count). The van der Waals surface area contributed by atoms with Gasteiger partial charge in [-0.05, 0) is 43.7 Å². The summed E-state index contributed by atoms with van der Waals surface area (Å²) >= 11 is 1.76. The zero-order valence-corrected chi connectivity index (χ0v) is 11.3. The van der Waals surface area contributed by atoms with Gasteiger partial charge in [-0.3, -0.25) is 0 Å². The first-order valence-electron chi connectivity index (χ1n) is 6.33.